The van der Waals surface area contributed by atoms with E-state index >= 15 is 0 Å². The standard InChI is InChI=1S/C27H37N3O3/c1-5-6-7-8-9-12-17-33-25(31)16-15-20-18-21(27(2,3)4)26(32)24(19-20)30-29-23-14-11-10-13-22(23)28/h9-14,18-19,32H,5-8,15-17,28H2,1-4H3/p+1/b12-9-,30-29?. The number of phenols is 1. The molecule has 0 aromatic heterocycles. The molecule has 2 aromatic carbocycles. The molecule has 0 radical (unpaired) electrons. The van der Waals surface area contributed by atoms with E-state index in [2.05, 4.69) is 23.2 Å². The van der Waals surface area contributed by atoms with Gasteiger partial charge in [0.25, 0.3) is 5.69 Å². The molecule has 0 atom stereocenters. The summed E-state index contributed by atoms with van der Waals surface area (Å²) in [5.74, 6) is -0.128. The molecule has 0 saturated heterocycles. The number of azo groups is 1. The molecule has 0 bridgehead atoms. The van der Waals surface area contributed by atoms with Crippen molar-refractivity contribution in [3.8, 4) is 5.75 Å². The topological polar surface area (TPSA) is 98.9 Å². The van der Waals surface area contributed by atoms with E-state index in [0.717, 1.165) is 24.0 Å². The number of hydrogen-bond acceptors (Lipinski definition) is 5. The smallest absolute Gasteiger partial charge is 0.306 e. The lowest BCUT2D eigenvalue weighted by Crippen LogP contribution is -2.57. The molecule has 0 unspecified atom stereocenters. The number of nitrogens with zero attached hydrogens (tertiary/aromatic N) is 1. The van der Waals surface area contributed by atoms with E-state index in [4.69, 9.17) is 10.5 Å². The molecule has 0 aliphatic rings. The fraction of sp³-hybridized carbons (Fsp3) is 0.444. The normalized spacial score (nSPS) is 12.0. The van der Waals surface area contributed by atoms with Gasteiger partial charge in [-0.05, 0) is 42.4 Å². The molecule has 178 valence electrons. The summed E-state index contributed by atoms with van der Waals surface area (Å²) < 4.78 is 5.32. The van der Waals surface area contributed by atoms with Crippen LogP contribution in [0.4, 0.5) is 17.1 Å². The molecular formula is C27H38N3O3+. The molecule has 0 aliphatic carbocycles. The molecule has 2 rings (SSSR count). The number of para-hydroxylation sites is 2. The van der Waals surface area contributed by atoms with Gasteiger partial charge >= 0.3 is 5.97 Å². The number of ether oxygens (including phenoxy) is 1. The number of rotatable bonds is 11. The Bertz CT molecular complexity index is 975. The number of esters is 1. The van der Waals surface area contributed by atoms with E-state index in [1.54, 1.807) is 12.1 Å². The number of nitrogen functional groups attached to an aromatic ring is 1. The van der Waals surface area contributed by atoms with Crippen molar-refractivity contribution in [3.05, 3.63) is 59.7 Å². The van der Waals surface area contributed by atoms with Crippen molar-refractivity contribution in [2.75, 3.05) is 12.3 Å². The summed E-state index contributed by atoms with van der Waals surface area (Å²) in [5.41, 5.74) is 8.99. The highest BCUT2D eigenvalue weighted by molar-refractivity contribution is 5.70. The maximum Gasteiger partial charge on any atom is 0.306 e. The molecule has 2 aromatic rings. The first-order valence-corrected chi connectivity index (χ1v) is 11.7. The lowest BCUT2D eigenvalue weighted by atomic mass is 9.84. The molecule has 6 heteroatoms. The van der Waals surface area contributed by atoms with Crippen LogP contribution in [0, 0.1) is 0 Å². The molecule has 33 heavy (non-hydrogen) atoms. The molecule has 0 amide bonds. The first-order valence-electron chi connectivity index (χ1n) is 11.7. The van der Waals surface area contributed by atoms with Crippen LogP contribution in [0.15, 0.2) is 53.7 Å². The van der Waals surface area contributed by atoms with E-state index in [0.29, 0.717) is 30.1 Å². The van der Waals surface area contributed by atoms with Gasteiger partial charge in [-0.15, -0.1) is 0 Å². The molecule has 0 fully saturated rings. The molecule has 6 nitrogen and oxygen atoms in total. The first-order chi connectivity index (χ1) is 15.7. The quantitative estimate of drug-likeness (QED) is 0.140. The van der Waals surface area contributed by atoms with E-state index in [1.165, 1.54) is 12.8 Å². The third-order valence-corrected chi connectivity index (χ3v) is 5.31. The Kier molecular flexibility index (Phi) is 10.1. The zero-order valence-electron chi connectivity index (χ0n) is 20.4. The maximum atomic E-state index is 12.2. The van der Waals surface area contributed by atoms with Crippen LogP contribution >= 0.6 is 0 Å². The van der Waals surface area contributed by atoms with Gasteiger partial charge in [0.2, 0.25) is 0 Å². The van der Waals surface area contributed by atoms with Crippen LogP contribution in [0.5, 0.6) is 5.75 Å². The highest BCUT2D eigenvalue weighted by Gasteiger charge is 2.23. The minimum absolute atomic E-state index is 0.115. The molecule has 0 saturated carbocycles. The summed E-state index contributed by atoms with van der Waals surface area (Å²) in [6, 6.07) is 11.0. The van der Waals surface area contributed by atoms with Crippen molar-refractivity contribution >= 4 is 23.0 Å². The number of nitrogens with one attached hydrogen (secondary N) is 1. The predicted molar refractivity (Wildman–Crippen MR) is 133 cm³/mol. The van der Waals surface area contributed by atoms with Crippen molar-refractivity contribution in [1.82, 2.24) is 0 Å². The Hall–Kier alpha value is -3.15. The molecular weight excluding hydrogens is 414 g/mol. The summed E-state index contributed by atoms with van der Waals surface area (Å²) in [7, 11) is 0. The number of benzene rings is 2. The summed E-state index contributed by atoms with van der Waals surface area (Å²) in [5, 5.41) is 18.1. The fourth-order valence-corrected chi connectivity index (χ4v) is 3.36. The number of hydrogen-bond donors (Lipinski definition) is 3. The van der Waals surface area contributed by atoms with Gasteiger partial charge < -0.3 is 15.6 Å². The maximum absolute atomic E-state index is 12.2. The molecule has 0 aliphatic heterocycles. The molecule has 4 N–H and O–H groups in total. The summed E-state index contributed by atoms with van der Waals surface area (Å²) >= 11 is 0. The van der Waals surface area contributed by atoms with Gasteiger partial charge in [0.1, 0.15) is 12.3 Å². The average molecular weight is 453 g/mol. The zero-order valence-corrected chi connectivity index (χ0v) is 20.4. The SMILES string of the molecule is CCCCC/C=C\COC(=O)CCc1cc(N=[NH+]c2ccccc2N)c(O)c(C(C)(C)C)c1. The number of unbranched alkanes of at least 4 members (excludes halogenated alkanes) is 3. The number of aryl methyl sites for hydroxylation is 1. The Morgan fingerprint density at radius 2 is 1.94 bits per heavy atom. The molecule has 0 heterocycles. The fourth-order valence-electron chi connectivity index (χ4n) is 3.36. The minimum Gasteiger partial charge on any atom is -0.505 e. The third-order valence-electron chi connectivity index (χ3n) is 5.31. The van der Waals surface area contributed by atoms with E-state index in [1.807, 2.05) is 51.1 Å². The van der Waals surface area contributed by atoms with Gasteiger partial charge in [0.05, 0.1) is 0 Å². The van der Waals surface area contributed by atoms with Gasteiger partial charge in [0.15, 0.2) is 11.4 Å². The average Bonchev–Trinajstić information content (AvgIpc) is 2.77. The number of carbonyl (C=O) groups excluding carboxylic acids is 1. The largest absolute Gasteiger partial charge is 0.505 e. The van der Waals surface area contributed by atoms with Gasteiger partial charge in [-0.1, -0.05) is 76.0 Å². The number of phenolic OH excluding ortho intramolecular Hbond substituents is 1. The monoisotopic (exact) mass is 452 g/mol. The van der Waals surface area contributed by atoms with Gasteiger partial charge in [0, 0.05) is 23.2 Å². The van der Waals surface area contributed by atoms with Crippen LogP contribution in [-0.4, -0.2) is 17.7 Å². The second-order valence-corrected chi connectivity index (χ2v) is 9.22. The summed E-state index contributed by atoms with van der Waals surface area (Å²) in [6.45, 7) is 8.56. The first kappa shape index (κ1) is 26.1. The number of allylic oxidation sites excluding steroid dienone is 1. The Morgan fingerprint density at radius 1 is 1.18 bits per heavy atom. The highest BCUT2D eigenvalue weighted by Crippen LogP contribution is 2.38. The van der Waals surface area contributed by atoms with Crippen molar-refractivity contribution in [2.24, 2.45) is 5.11 Å². The second-order valence-electron chi connectivity index (χ2n) is 9.22. The lowest BCUT2D eigenvalue weighted by molar-refractivity contribution is -0.432. The Balaban J connectivity index is 2.08. The number of aromatic hydroxyl groups is 1. The summed E-state index contributed by atoms with van der Waals surface area (Å²) in [4.78, 5) is 12.2. The van der Waals surface area contributed by atoms with Crippen LogP contribution in [0.2, 0.25) is 0 Å². The number of carbonyl (C=O) groups is 1. The lowest BCUT2D eigenvalue weighted by Gasteiger charge is -2.21. The second kappa shape index (κ2) is 12.8. The van der Waals surface area contributed by atoms with E-state index in [-0.39, 0.29) is 23.6 Å². The Morgan fingerprint density at radius 3 is 2.64 bits per heavy atom. The van der Waals surface area contributed by atoms with Crippen molar-refractivity contribution < 1.29 is 19.8 Å². The van der Waals surface area contributed by atoms with Crippen molar-refractivity contribution in [3.63, 3.8) is 0 Å². The van der Waals surface area contributed by atoms with Crippen molar-refractivity contribution in [2.45, 2.75) is 71.6 Å². The van der Waals surface area contributed by atoms with Crippen LogP contribution in [0.1, 0.15) is 70.9 Å². The summed E-state index contributed by atoms with van der Waals surface area (Å²) in [6.07, 6.45) is 9.33. The molecule has 0 spiro atoms. The highest BCUT2D eigenvalue weighted by atomic mass is 16.5. The Labute approximate surface area is 197 Å². The van der Waals surface area contributed by atoms with Gasteiger partial charge in [-0.2, -0.15) is 0 Å². The van der Waals surface area contributed by atoms with E-state index < -0.39 is 0 Å². The van der Waals surface area contributed by atoms with Gasteiger partial charge in [-0.3, -0.25) is 4.79 Å². The van der Waals surface area contributed by atoms with Crippen LogP contribution < -0.4 is 10.8 Å². The number of nitrogens with two attached hydrogens (primary N) is 1. The predicted octanol–water partition coefficient (Wildman–Crippen LogP) is 5.38. The van der Waals surface area contributed by atoms with Crippen molar-refractivity contribution in [1.29, 1.82) is 0 Å². The zero-order chi connectivity index (χ0) is 24.3. The van der Waals surface area contributed by atoms with E-state index in [9.17, 15) is 9.90 Å². The van der Waals surface area contributed by atoms with Crippen LogP contribution in [0.25, 0.3) is 0 Å². The minimum atomic E-state index is -0.292. The van der Waals surface area contributed by atoms with Gasteiger partial charge in [-0.25, -0.2) is 0 Å². The van der Waals surface area contributed by atoms with Crippen LogP contribution in [0.3, 0.4) is 0 Å². The third kappa shape index (κ3) is 8.72. The number of anilines is 1. The van der Waals surface area contributed by atoms with Crippen LogP contribution in [-0.2, 0) is 21.4 Å².